The van der Waals surface area contributed by atoms with Gasteiger partial charge in [-0.1, -0.05) is 30.7 Å². The van der Waals surface area contributed by atoms with Gasteiger partial charge < -0.3 is 5.11 Å². The van der Waals surface area contributed by atoms with Crippen LogP contribution in [-0.2, 0) is 0 Å². The fourth-order valence-corrected chi connectivity index (χ4v) is 2.81. The largest absolute Gasteiger partial charge is 0.387 e. The van der Waals surface area contributed by atoms with E-state index in [2.05, 4.69) is 13.0 Å². The monoisotopic (exact) mass is 263 g/mol. The molecule has 0 radical (unpaired) electrons. The van der Waals surface area contributed by atoms with Crippen molar-refractivity contribution in [2.45, 2.75) is 38.7 Å². The number of nitriles is 1. The quantitative estimate of drug-likeness (QED) is 0.873. The van der Waals surface area contributed by atoms with E-state index >= 15 is 0 Å². The lowest BCUT2D eigenvalue weighted by molar-refractivity contribution is 0.0266. The molecule has 0 amide bonds. The summed E-state index contributed by atoms with van der Waals surface area (Å²) in [6, 6.07) is 9.51. The molecule has 1 aliphatic rings. The predicted octanol–water partition coefficient (Wildman–Crippen LogP) is 4.09. The van der Waals surface area contributed by atoms with Crippen LogP contribution in [0.4, 0.5) is 0 Å². The van der Waals surface area contributed by atoms with E-state index in [0.717, 1.165) is 31.2 Å². The van der Waals surface area contributed by atoms with E-state index in [1.54, 1.807) is 12.1 Å². The van der Waals surface area contributed by atoms with Crippen molar-refractivity contribution in [2.75, 3.05) is 0 Å². The van der Waals surface area contributed by atoms with Gasteiger partial charge in [0.2, 0.25) is 0 Å². The van der Waals surface area contributed by atoms with Gasteiger partial charge in [0, 0.05) is 5.02 Å². The third-order valence-electron chi connectivity index (χ3n) is 4.10. The first-order chi connectivity index (χ1) is 8.57. The molecule has 1 aliphatic carbocycles. The zero-order valence-electron chi connectivity index (χ0n) is 10.6. The van der Waals surface area contributed by atoms with Crippen molar-refractivity contribution < 1.29 is 5.11 Å². The minimum atomic E-state index is -0.715. The molecule has 2 rings (SSSR count). The molecule has 1 aromatic carbocycles. The zero-order valence-corrected chi connectivity index (χ0v) is 11.3. The van der Waals surface area contributed by atoms with Crippen molar-refractivity contribution in [1.82, 2.24) is 0 Å². The highest BCUT2D eigenvalue weighted by atomic mass is 35.5. The minimum absolute atomic E-state index is 0.625. The summed E-state index contributed by atoms with van der Waals surface area (Å²) in [5.41, 5.74) is 0.163. The van der Waals surface area contributed by atoms with Crippen LogP contribution in [0.25, 0.3) is 0 Å². The Morgan fingerprint density at radius 3 is 2.39 bits per heavy atom. The highest BCUT2D eigenvalue weighted by Gasteiger charge is 2.41. The number of nitrogens with zero attached hydrogens (tertiary/aromatic N) is 1. The third kappa shape index (κ3) is 2.53. The number of aliphatic hydroxyl groups is 1. The summed E-state index contributed by atoms with van der Waals surface area (Å²) >= 11 is 5.84. The van der Waals surface area contributed by atoms with Gasteiger partial charge in [0.15, 0.2) is 0 Å². The third-order valence-corrected chi connectivity index (χ3v) is 4.35. The molecule has 1 saturated carbocycles. The van der Waals surface area contributed by atoms with Crippen LogP contribution in [0, 0.1) is 22.7 Å². The van der Waals surface area contributed by atoms with E-state index in [1.807, 2.05) is 12.1 Å². The van der Waals surface area contributed by atoms with Crippen molar-refractivity contribution in [3.05, 3.63) is 34.9 Å². The maximum atomic E-state index is 10.5. The maximum absolute atomic E-state index is 10.5. The Labute approximate surface area is 113 Å². The molecule has 0 aliphatic heterocycles. The summed E-state index contributed by atoms with van der Waals surface area (Å²) in [6.07, 6.45) is 2.85. The number of hydrogen-bond donors (Lipinski definition) is 1. The molecule has 0 bridgehead atoms. The summed E-state index contributed by atoms with van der Waals surface area (Å²) in [5.74, 6) is 0.656. The van der Waals surface area contributed by atoms with Crippen LogP contribution in [0.2, 0.25) is 5.02 Å². The van der Waals surface area contributed by atoms with E-state index in [1.165, 1.54) is 0 Å². The van der Waals surface area contributed by atoms with Crippen molar-refractivity contribution in [3.63, 3.8) is 0 Å². The lowest BCUT2D eigenvalue weighted by Gasteiger charge is -2.37. The topological polar surface area (TPSA) is 44.0 Å². The second kappa shape index (κ2) is 5.30. The van der Waals surface area contributed by atoms with Gasteiger partial charge in [-0.25, -0.2) is 0 Å². The highest BCUT2D eigenvalue weighted by Crippen LogP contribution is 2.47. The average molecular weight is 264 g/mol. The molecule has 1 unspecified atom stereocenters. The Bertz CT molecular complexity index is 441. The molecule has 0 aromatic heterocycles. The second-order valence-electron chi connectivity index (χ2n) is 5.40. The fourth-order valence-electron chi connectivity index (χ4n) is 2.69. The molecule has 18 heavy (non-hydrogen) atoms. The van der Waals surface area contributed by atoms with E-state index in [0.29, 0.717) is 10.9 Å². The van der Waals surface area contributed by atoms with Gasteiger partial charge in [0.25, 0.3) is 0 Å². The molecule has 1 fully saturated rings. The van der Waals surface area contributed by atoms with Gasteiger partial charge in [-0.05, 0) is 49.3 Å². The summed E-state index contributed by atoms with van der Waals surface area (Å²) in [4.78, 5) is 0. The standard InChI is InChI=1S/C15H18ClNO/c1-11-6-8-15(10-17,9-7-11)14(18)12-2-4-13(16)5-3-12/h2-5,11,14,18H,6-9H2,1H3. The van der Waals surface area contributed by atoms with Gasteiger partial charge in [-0.2, -0.15) is 5.26 Å². The molecule has 2 nitrogen and oxygen atoms in total. The Morgan fingerprint density at radius 1 is 1.33 bits per heavy atom. The molecule has 96 valence electrons. The van der Waals surface area contributed by atoms with Gasteiger partial charge in [0.1, 0.15) is 0 Å². The molecule has 0 spiro atoms. The van der Waals surface area contributed by atoms with Crippen molar-refractivity contribution in [1.29, 1.82) is 5.26 Å². The molecule has 1 N–H and O–H groups in total. The van der Waals surface area contributed by atoms with E-state index < -0.39 is 11.5 Å². The molecular weight excluding hydrogens is 246 g/mol. The van der Waals surface area contributed by atoms with Crippen molar-refractivity contribution in [2.24, 2.45) is 11.3 Å². The summed E-state index contributed by atoms with van der Waals surface area (Å²) < 4.78 is 0. The molecule has 0 saturated heterocycles. The van der Waals surface area contributed by atoms with Crippen molar-refractivity contribution >= 4 is 11.6 Å². The Hall–Kier alpha value is -1.04. The Balaban J connectivity index is 2.23. The Morgan fingerprint density at radius 2 is 1.89 bits per heavy atom. The number of aliphatic hydroxyl groups excluding tert-OH is 1. The smallest absolute Gasteiger partial charge is 0.0976 e. The maximum Gasteiger partial charge on any atom is 0.0976 e. The van der Waals surface area contributed by atoms with Gasteiger partial charge in [-0.3, -0.25) is 0 Å². The lowest BCUT2D eigenvalue weighted by Crippen LogP contribution is -2.32. The number of halogens is 1. The molecule has 3 heteroatoms. The molecule has 1 aromatic rings. The molecular formula is C15H18ClNO. The first kappa shape index (κ1) is 13.4. The van der Waals surface area contributed by atoms with Crippen LogP contribution < -0.4 is 0 Å². The number of hydrogen-bond acceptors (Lipinski definition) is 2. The number of rotatable bonds is 2. The predicted molar refractivity (Wildman–Crippen MR) is 72.1 cm³/mol. The van der Waals surface area contributed by atoms with Crippen LogP contribution >= 0.6 is 11.6 Å². The van der Waals surface area contributed by atoms with E-state index in [4.69, 9.17) is 11.6 Å². The van der Waals surface area contributed by atoms with Crippen LogP contribution in [-0.4, -0.2) is 5.11 Å². The normalized spacial score (nSPS) is 29.6. The van der Waals surface area contributed by atoms with Crippen LogP contribution in [0.3, 0.4) is 0 Å². The van der Waals surface area contributed by atoms with Crippen molar-refractivity contribution in [3.8, 4) is 6.07 Å². The molecule has 1 atom stereocenters. The second-order valence-corrected chi connectivity index (χ2v) is 5.84. The average Bonchev–Trinajstić information content (AvgIpc) is 2.40. The first-order valence-electron chi connectivity index (χ1n) is 6.42. The van der Waals surface area contributed by atoms with E-state index in [9.17, 15) is 10.4 Å². The Kier molecular flexibility index (Phi) is 3.94. The van der Waals surface area contributed by atoms with Crippen LogP contribution in [0.15, 0.2) is 24.3 Å². The van der Waals surface area contributed by atoms with Crippen LogP contribution in [0.1, 0.15) is 44.3 Å². The summed E-state index contributed by atoms with van der Waals surface area (Å²) in [5, 5.41) is 20.6. The highest BCUT2D eigenvalue weighted by molar-refractivity contribution is 6.30. The zero-order chi connectivity index (χ0) is 13.2. The first-order valence-corrected chi connectivity index (χ1v) is 6.80. The fraction of sp³-hybridized carbons (Fsp3) is 0.533. The minimum Gasteiger partial charge on any atom is -0.387 e. The van der Waals surface area contributed by atoms with E-state index in [-0.39, 0.29) is 0 Å². The van der Waals surface area contributed by atoms with Gasteiger partial charge in [-0.15, -0.1) is 0 Å². The summed E-state index contributed by atoms with van der Waals surface area (Å²) in [7, 11) is 0. The van der Waals surface area contributed by atoms with Gasteiger partial charge >= 0.3 is 0 Å². The molecule has 0 heterocycles. The van der Waals surface area contributed by atoms with Crippen LogP contribution in [0.5, 0.6) is 0 Å². The summed E-state index contributed by atoms with van der Waals surface area (Å²) in [6.45, 7) is 2.20. The lowest BCUT2D eigenvalue weighted by atomic mass is 9.67. The SMILES string of the molecule is CC1CCC(C#N)(C(O)c2ccc(Cl)cc2)CC1. The number of benzene rings is 1. The van der Waals surface area contributed by atoms with Gasteiger partial charge in [0.05, 0.1) is 17.6 Å².